The minimum atomic E-state index is -3.41. The van der Waals surface area contributed by atoms with Crippen LogP contribution in [0.2, 0.25) is 5.02 Å². The quantitative estimate of drug-likeness (QED) is 0.460. The van der Waals surface area contributed by atoms with Crippen molar-refractivity contribution in [3.63, 3.8) is 0 Å². The molecule has 38 heavy (non-hydrogen) atoms. The van der Waals surface area contributed by atoms with Crippen LogP contribution in [0.3, 0.4) is 0 Å². The summed E-state index contributed by atoms with van der Waals surface area (Å²) in [5.74, 6) is 0.579. The van der Waals surface area contributed by atoms with E-state index in [1.54, 1.807) is 7.11 Å². The molecule has 1 fully saturated rings. The third kappa shape index (κ3) is 4.60. The van der Waals surface area contributed by atoms with Crippen LogP contribution in [-0.2, 0) is 20.4 Å². The van der Waals surface area contributed by atoms with Gasteiger partial charge >= 0.3 is 0 Å². The van der Waals surface area contributed by atoms with Crippen LogP contribution in [0.25, 0.3) is 22.3 Å². The van der Waals surface area contributed by atoms with Gasteiger partial charge in [-0.3, -0.25) is 0 Å². The molecule has 0 saturated carbocycles. The minimum absolute atomic E-state index is 0.0425. The number of ether oxygens (including phenoxy) is 2. The molecule has 2 aromatic heterocycles. The van der Waals surface area contributed by atoms with E-state index in [1.165, 1.54) is 16.6 Å². The number of imidazole rings is 1. The minimum Gasteiger partial charge on any atom is -0.488 e. The highest BCUT2D eigenvalue weighted by Crippen LogP contribution is 2.45. The number of halogens is 2. The molecule has 3 aromatic rings. The molecule has 11 nitrogen and oxygen atoms in total. The number of piperidine rings is 1. The van der Waals surface area contributed by atoms with Gasteiger partial charge in [-0.15, -0.1) is 0 Å². The lowest BCUT2D eigenvalue weighted by molar-refractivity contribution is 0.00687. The number of methoxy groups -OCH3 is 1. The molecular formula is C24H30ClFN6O5S. The zero-order valence-corrected chi connectivity index (χ0v) is 23.3. The number of benzene rings is 1. The highest BCUT2D eigenvalue weighted by atomic mass is 35.5. The second kappa shape index (κ2) is 9.56. The summed E-state index contributed by atoms with van der Waals surface area (Å²) >= 11 is 6.49. The number of hydrogen-bond donors (Lipinski definition) is 2. The van der Waals surface area contributed by atoms with Gasteiger partial charge in [0.25, 0.3) is 0 Å². The van der Waals surface area contributed by atoms with Crippen molar-refractivity contribution in [2.75, 3.05) is 38.4 Å². The standard InChI is InChI=1S/C24H30ClFN6O5S/c1-12-11-37-21-13(8-15(26)19-20(21)32(12)22(29-19)24(2,3)36-4)18-14(25)9-27-23(30-18)28-16-6-7-31(10-17(16)33)38(5,34)35/h8-9,12,16-17,33H,6-7,10-11H2,1-5H3,(H,27,28,30)/t12-,16-,17-/m1/s1. The van der Waals surface area contributed by atoms with Crippen molar-refractivity contribution >= 4 is 38.6 Å². The summed E-state index contributed by atoms with van der Waals surface area (Å²) in [7, 11) is -1.83. The molecule has 5 rings (SSSR count). The lowest BCUT2D eigenvalue weighted by atomic mass is 10.0. The van der Waals surface area contributed by atoms with Gasteiger partial charge in [0.2, 0.25) is 16.0 Å². The normalized spacial score (nSPS) is 22.5. The monoisotopic (exact) mass is 568 g/mol. The fraction of sp³-hybridized carbons (Fsp3) is 0.542. The highest BCUT2D eigenvalue weighted by Gasteiger charge is 2.36. The Kier molecular flexibility index (Phi) is 6.79. The summed E-state index contributed by atoms with van der Waals surface area (Å²) in [6, 6.07) is 0.687. The first-order chi connectivity index (χ1) is 17.8. The van der Waals surface area contributed by atoms with E-state index in [0.29, 0.717) is 35.7 Å². The SMILES string of the molecule is COC(C)(C)c1nc2c(F)cc(-c3nc(N[C@@H]4CCN(S(C)(=O)=O)C[C@H]4O)ncc3Cl)c3c2n1[C@H](C)CO3. The first kappa shape index (κ1) is 27.0. The van der Waals surface area contributed by atoms with Gasteiger partial charge in [0.1, 0.15) is 29.1 Å². The van der Waals surface area contributed by atoms with Crippen molar-refractivity contribution < 1.29 is 27.4 Å². The molecule has 1 saturated heterocycles. The third-order valence-electron chi connectivity index (χ3n) is 7.15. The van der Waals surface area contributed by atoms with Gasteiger partial charge in [-0.25, -0.2) is 27.8 Å². The molecule has 0 aliphatic carbocycles. The smallest absolute Gasteiger partial charge is 0.223 e. The average Bonchev–Trinajstić information content (AvgIpc) is 3.28. The molecule has 1 aromatic carbocycles. The summed E-state index contributed by atoms with van der Waals surface area (Å²) in [6.45, 7) is 6.22. The molecule has 2 aliphatic heterocycles. The largest absolute Gasteiger partial charge is 0.488 e. The van der Waals surface area contributed by atoms with E-state index in [4.69, 9.17) is 21.1 Å². The first-order valence-corrected chi connectivity index (χ1v) is 14.4. The van der Waals surface area contributed by atoms with Gasteiger partial charge < -0.3 is 24.5 Å². The molecule has 0 unspecified atom stereocenters. The van der Waals surface area contributed by atoms with E-state index in [2.05, 4.69) is 20.3 Å². The molecule has 2 aliphatic rings. The number of aromatic nitrogens is 4. The van der Waals surface area contributed by atoms with E-state index in [1.807, 2.05) is 25.3 Å². The predicted octanol–water partition coefficient (Wildman–Crippen LogP) is 2.93. The number of anilines is 1. The van der Waals surface area contributed by atoms with Crippen LogP contribution in [0.15, 0.2) is 12.3 Å². The Hall–Kier alpha value is -2.58. The number of nitrogens with one attached hydrogen (secondary N) is 1. The van der Waals surface area contributed by atoms with Crippen molar-refractivity contribution in [3.05, 3.63) is 28.9 Å². The molecule has 206 valence electrons. The molecule has 0 amide bonds. The Morgan fingerprint density at radius 3 is 2.74 bits per heavy atom. The topological polar surface area (TPSA) is 132 Å². The molecule has 0 radical (unpaired) electrons. The van der Waals surface area contributed by atoms with Gasteiger partial charge in [0.15, 0.2) is 11.6 Å². The lowest BCUT2D eigenvalue weighted by Crippen LogP contribution is -2.51. The van der Waals surface area contributed by atoms with Crippen LogP contribution in [0, 0.1) is 5.82 Å². The molecule has 3 atom stereocenters. The number of sulfonamides is 1. The van der Waals surface area contributed by atoms with Crippen LogP contribution in [0.5, 0.6) is 5.75 Å². The fourth-order valence-electron chi connectivity index (χ4n) is 4.91. The van der Waals surface area contributed by atoms with Crippen LogP contribution in [-0.4, -0.2) is 82.6 Å². The van der Waals surface area contributed by atoms with Gasteiger partial charge in [-0.2, -0.15) is 4.31 Å². The Labute approximate surface area is 225 Å². The van der Waals surface area contributed by atoms with Crippen molar-refractivity contribution in [1.29, 1.82) is 0 Å². The summed E-state index contributed by atoms with van der Waals surface area (Å²) < 4.78 is 54.1. The molecule has 0 bridgehead atoms. The molecule has 14 heteroatoms. The number of aliphatic hydroxyl groups excluding tert-OH is 1. The van der Waals surface area contributed by atoms with Gasteiger partial charge in [0.05, 0.1) is 41.4 Å². The van der Waals surface area contributed by atoms with Crippen molar-refractivity contribution in [2.45, 2.75) is 51.0 Å². The van der Waals surface area contributed by atoms with Gasteiger partial charge in [-0.05, 0) is 33.3 Å². The average molecular weight is 569 g/mol. The zero-order chi connectivity index (χ0) is 27.6. The van der Waals surface area contributed by atoms with E-state index >= 15 is 4.39 Å². The molecule has 4 heterocycles. The summed E-state index contributed by atoms with van der Waals surface area (Å²) in [5, 5.41) is 13.8. The maximum Gasteiger partial charge on any atom is 0.223 e. The third-order valence-corrected chi connectivity index (χ3v) is 8.70. The predicted molar refractivity (Wildman–Crippen MR) is 140 cm³/mol. The second-order valence-corrected chi connectivity index (χ2v) is 12.6. The summed E-state index contributed by atoms with van der Waals surface area (Å²) in [6.07, 6.45) is 1.87. The highest BCUT2D eigenvalue weighted by molar-refractivity contribution is 7.88. The van der Waals surface area contributed by atoms with E-state index in [9.17, 15) is 13.5 Å². The van der Waals surface area contributed by atoms with Crippen LogP contribution >= 0.6 is 11.6 Å². The van der Waals surface area contributed by atoms with Gasteiger partial charge in [-0.1, -0.05) is 11.6 Å². The van der Waals surface area contributed by atoms with E-state index in [-0.39, 0.29) is 41.3 Å². The van der Waals surface area contributed by atoms with Crippen LogP contribution < -0.4 is 10.1 Å². The first-order valence-electron chi connectivity index (χ1n) is 12.2. The number of hydrogen-bond acceptors (Lipinski definition) is 9. The van der Waals surface area contributed by atoms with Crippen molar-refractivity contribution in [1.82, 2.24) is 23.8 Å². The molecule has 2 N–H and O–H groups in total. The summed E-state index contributed by atoms with van der Waals surface area (Å²) in [4.78, 5) is 13.4. The van der Waals surface area contributed by atoms with E-state index < -0.39 is 33.6 Å². The Bertz CT molecular complexity index is 1510. The fourth-order valence-corrected chi connectivity index (χ4v) is 5.97. The maximum atomic E-state index is 15.5. The Morgan fingerprint density at radius 1 is 1.34 bits per heavy atom. The molecule has 0 spiro atoms. The van der Waals surface area contributed by atoms with Crippen LogP contribution in [0.4, 0.5) is 10.3 Å². The van der Waals surface area contributed by atoms with E-state index in [0.717, 1.165) is 6.26 Å². The van der Waals surface area contributed by atoms with Gasteiger partial charge in [0, 0.05) is 25.8 Å². The Balaban J connectivity index is 1.56. The maximum absolute atomic E-state index is 15.5. The number of β-amino-alcohol motifs (C(OH)–C–C–N with tert-alkyl or cyclic N) is 1. The van der Waals surface area contributed by atoms with Crippen LogP contribution in [0.1, 0.15) is 39.1 Å². The number of aliphatic hydroxyl groups is 1. The molecular weight excluding hydrogens is 539 g/mol. The second-order valence-electron chi connectivity index (χ2n) is 10.2. The summed E-state index contributed by atoms with van der Waals surface area (Å²) in [5.41, 5.74) is 0.475. The number of rotatable bonds is 6. The zero-order valence-electron chi connectivity index (χ0n) is 21.7. The van der Waals surface area contributed by atoms with Crippen molar-refractivity contribution in [2.24, 2.45) is 0 Å². The Morgan fingerprint density at radius 2 is 2.08 bits per heavy atom. The lowest BCUT2D eigenvalue weighted by Gasteiger charge is -2.34. The number of nitrogens with zero attached hydrogens (tertiary/aromatic N) is 5. The van der Waals surface area contributed by atoms with Crippen molar-refractivity contribution in [3.8, 4) is 17.0 Å².